The van der Waals surface area contributed by atoms with E-state index in [0.717, 1.165) is 27.0 Å². The maximum Gasteiger partial charge on any atom is 0.128 e. The van der Waals surface area contributed by atoms with E-state index in [1.165, 1.54) is 0 Å². The Balaban J connectivity index is 1.90. The van der Waals surface area contributed by atoms with Gasteiger partial charge in [-0.05, 0) is 49.2 Å². The minimum Gasteiger partial charge on any atom is -0.486 e. The molecule has 1 aliphatic rings. The van der Waals surface area contributed by atoms with E-state index in [4.69, 9.17) is 10.3 Å². The molecule has 3 rings (SSSR count). The van der Waals surface area contributed by atoms with Crippen molar-refractivity contribution in [2.24, 2.45) is 5.11 Å². The first-order valence-corrected chi connectivity index (χ1v) is 8.49. The van der Waals surface area contributed by atoms with Crippen LogP contribution in [0.1, 0.15) is 31.0 Å². The van der Waals surface area contributed by atoms with Crippen molar-refractivity contribution >= 4 is 21.6 Å². The maximum atomic E-state index is 8.59. The monoisotopic (exact) mass is 387 g/mol. The van der Waals surface area contributed by atoms with E-state index in [9.17, 15) is 0 Å². The molecule has 0 spiro atoms. The lowest BCUT2D eigenvalue weighted by atomic mass is 9.97. The number of halogens is 1. The van der Waals surface area contributed by atoms with E-state index in [-0.39, 0.29) is 6.04 Å². The van der Waals surface area contributed by atoms with Gasteiger partial charge >= 0.3 is 0 Å². The molecule has 1 aromatic carbocycles. The average molecular weight is 388 g/mol. The van der Waals surface area contributed by atoms with Crippen LogP contribution in [0.2, 0.25) is 0 Å². The Bertz CT molecular complexity index is 791. The number of ether oxygens (including phenoxy) is 1. The number of hydrogen-bond acceptors (Lipinski definition) is 4. The highest BCUT2D eigenvalue weighted by molar-refractivity contribution is 9.10. The Morgan fingerprint density at radius 1 is 1.54 bits per heavy atom. The number of rotatable bonds is 5. The van der Waals surface area contributed by atoms with Crippen LogP contribution < -0.4 is 10.1 Å². The topological polar surface area (TPSA) is 82.9 Å². The molecule has 2 unspecified atom stereocenters. The summed E-state index contributed by atoms with van der Waals surface area (Å²) in [7, 11) is 0. The minimum absolute atomic E-state index is 0.0438. The zero-order valence-corrected chi connectivity index (χ0v) is 15.1. The van der Waals surface area contributed by atoms with Crippen LogP contribution in [-0.2, 0) is 6.42 Å². The third-order valence-electron chi connectivity index (χ3n) is 4.05. The van der Waals surface area contributed by atoms with Gasteiger partial charge in [0.15, 0.2) is 0 Å². The van der Waals surface area contributed by atoms with E-state index in [2.05, 4.69) is 55.3 Å². The van der Waals surface area contributed by atoms with Crippen molar-refractivity contribution in [3.05, 3.63) is 62.7 Å². The summed E-state index contributed by atoms with van der Waals surface area (Å²) in [6, 6.07) is 8.05. The molecule has 7 heteroatoms. The summed E-state index contributed by atoms with van der Waals surface area (Å²) < 4.78 is 7.21. The van der Waals surface area contributed by atoms with Crippen LogP contribution in [0.15, 0.2) is 46.2 Å². The highest BCUT2D eigenvalue weighted by Crippen LogP contribution is 2.42. The molecule has 0 amide bonds. The van der Waals surface area contributed by atoms with Crippen molar-refractivity contribution in [2.45, 2.75) is 31.9 Å². The Kier molecular flexibility index (Phi) is 4.64. The van der Waals surface area contributed by atoms with Gasteiger partial charge in [0, 0.05) is 33.8 Å². The van der Waals surface area contributed by atoms with Gasteiger partial charge in [-0.3, -0.25) is 4.98 Å². The SMILES string of the molecule is CC(Nc1cccnc1)c1cc(Br)cc2c1OC(C)(CN=[N+]=[N-])C2. The van der Waals surface area contributed by atoms with Gasteiger partial charge in [-0.25, -0.2) is 0 Å². The lowest BCUT2D eigenvalue weighted by molar-refractivity contribution is 0.124. The molecule has 0 bridgehead atoms. The van der Waals surface area contributed by atoms with Crippen LogP contribution in [0.4, 0.5) is 5.69 Å². The van der Waals surface area contributed by atoms with E-state index in [1.807, 2.05) is 19.1 Å². The van der Waals surface area contributed by atoms with Gasteiger partial charge < -0.3 is 10.1 Å². The third-order valence-corrected chi connectivity index (χ3v) is 4.51. The second-order valence-corrected chi connectivity index (χ2v) is 7.12. The molecule has 2 aromatic rings. The predicted molar refractivity (Wildman–Crippen MR) is 97.2 cm³/mol. The van der Waals surface area contributed by atoms with Gasteiger partial charge in [-0.2, -0.15) is 0 Å². The van der Waals surface area contributed by atoms with Crippen LogP contribution in [0.5, 0.6) is 5.75 Å². The quantitative estimate of drug-likeness (QED) is 0.443. The first-order chi connectivity index (χ1) is 11.5. The fourth-order valence-electron chi connectivity index (χ4n) is 2.98. The highest BCUT2D eigenvalue weighted by atomic mass is 79.9. The summed E-state index contributed by atoms with van der Waals surface area (Å²) in [4.78, 5) is 6.98. The summed E-state index contributed by atoms with van der Waals surface area (Å²) in [5.74, 6) is 0.873. The van der Waals surface area contributed by atoms with E-state index in [1.54, 1.807) is 12.4 Å². The van der Waals surface area contributed by atoms with Crippen molar-refractivity contribution in [3.8, 4) is 5.75 Å². The number of nitrogens with one attached hydrogen (secondary N) is 1. The predicted octanol–water partition coefficient (Wildman–Crippen LogP) is 5.02. The number of nitrogens with zero attached hydrogens (tertiary/aromatic N) is 4. The molecule has 124 valence electrons. The molecule has 0 aliphatic carbocycles. The largest absolute Gasteiger partial charge is 0.486 e. The van der Waals surface area contributed by atoms with Gasteiger partial charge in [0.2, 0.25) is 0 Å². The first kappa shape index (κ1) is 16.6. The Morgan fingerprint density at radius 2 is 2.38 bits per heavy atom. The van der Waals surface area contributed by atoms with Crippen molar-refractivity contribution < 1.29 is 4.74 Å². The fourth-order valence-corrected chi connectivity index (χ4v) is 3.50. The zero-order valence-electron chi connectivity index (χ0n) is 13.5. The van der Waals surface area contributed by atoms with Crippen LogP contribution >= 0.6 is 15.9 Å². The lowest BCUT2D eigenvalue weighted by Gasteiger charge is -2.23. The molecule has 2 atom stereocenters. The van der Waals surface area contributed by atoms with Gasteiger partial charge in [0.05, 0.1) is 18.3 Å². The van der Waals surface area contributed by atoms with Crippen molar-refractivity contribution in [3.63, 3.8) is 0 Å². The van der Waals surface area contributed by atoms with Crippen LogP contribution in [0, 0.1) is 0 Å². The maximum absolute atomic E-state index is 8.59. The molecule has 0 saturated carbocycles. The van der Waals surface area contributed by atoms with Crippen molar-refractivity contribution in [2.75, 3.05) is 11.9 Å². The summed E-state index contributed by atoms with van der Waals surface area (Å²) >= 11 is 3.58. The number of anilines is 1. The number of pyridine rings is 1. The number of azide groups is 1. The second kappa shape index (κ2) is 6.71. The molecule has 24 heavy (non-hydrogen) atoms. The number of fused-ring (bicyclic) bond motifs is 1. The number of benzene rings is 1. The molecule has 1 aromatic heterocycles. The van der Waals surface area contributed by atoms with Crippen LogP contribution in [-0.4, -0.2) is 17.1 Å². The molecule has 6 nitrogen and oxygen atoms in total. The van der Waals surface area contributed by atoms with Crippen LogP contribution in [0.3, 0.4) is 0 Å². The minimum atomic E-state index is -0.502. The smallest absolute Gasteiger partial charge is 0.128 e. The highest BCUT2D eigenvalue weighted by Gasteiger charge is 2.36. The van der Waals surface area contributed by atoms with Crippen molar-refractivity contribution in [1.29, 1.82) is 0 Å². The van der Waals surface area contributed by atoms with E-state index < -0.39 is 5.60 Å². The molecule has 0 saturated heterocycles. The molecule has 0 fully saturated rings. The van der Waals surface area contributed by atoms with Gasteiger partial charge in [-0.15, -0.1) is 0 Å². The molecular weight excluding hydrogens is 370 g/mol. The molecule has 1 aliphatic heterocycles. The average Bonchev–Trinajstić information content (AvgIpc) is 2.89. The van der Waals surface area contributed by atoms with Gasteiger partial charge in [0.1, 0.15) is 11.4 Å². The fraction of sp³-hybridized carbons (Fsp3) is 0.353. The molecular formula is C17H18BrN5O. The summed E-state index contributed by atoms with van der Waals surface area (Å²) in [6.07, 6.45) is 4.26. The number of hydrogen-bond donors (Lipinski definition) is 1. The van der Waals surface area contributed by atoms with Crippen molar-refractivity contribution in [1.82, 2.24) is 4.98 Å². The zero-order chi connectivity index (χ0) is 17.2. The summed E-state index contributed by atoms with van der Waals surface area (Å²) in [6.45, 7) is 4.36. The summed E-state index contributed by atoms with van der Waals surface area (Å²) in [5.41, 5.74) is 11.2. The first-order valence-electron chi connectivity index (χ1n) is 7.69. The summed E-state index contributed by atoms with van der Waals surface area (Å²) in [5, 5.41) is 7.13. The standard InChI is InChI=1S/C17H18BrN5O/c1-11(22-14-4-3-5-20-9-14)15-7-13(18)6-12-8-17(2,10-21-23-19)24-16(12)15/h3-7,9,11,22H,8,10H2,1-2H3. The second-order valence-electron chi connectivity index (χ2n) is 6.21. The molecule has 1 N–H and O–H groups in total. The van der Waals surface area contributed by atoms with Gasteiger partial charge in [0.25, 0.3) is 0 Å². The molecule has 0 radical (unpaired) electrons. The Morgan fingerprint density at radius 3 is 3.08 bits per heavy atom. The molecule has 2 heterocycles. The van der Waals surface area contributed by atoms with Gasteiger partial charge in [-0.1, -0.05) is 21.0 Å². The van der Waals surface area contributed by atoms with E-state index >= 15 is 0 Å². The third kappa shape index (κ3) is 3.47. The Hall–Kier alpha value is -2.24. The normalized spacial score (nSPS) is 19.8. The van der Waals surface area contributed by atoms with Crippen LogP contribution in [0.25, 0.3) is 10.4 Å². The number of aromatic nitrogens is 1. The van der Waals surface area contributed by atoms with E-state index in [0.29, 0.717) is 13.0 Å². The Labute approximate surface area is 149 Å². The lowest BCUT2D eigenvalue weighted by Crippen LogP contribution is -2.33.